The Kier molecular flexibility index (Phi) is 5.03. The average molecular weight is 297 g/mol. The van der Waals surface area contributed by atoms with E-state index in [4.69, 9.17) is 5.11 Å². The van der Waals surface area contributed by atoms with Crippen molar-refractivity contribution in [1.82, 2.24) is 14.7 Å². The molecule has 2 aliphatic rings. The van der Waals surface area contributed by atoms with E-state index in [-0.39, 0.29) is 11.9 Å². The summed E-state index contributed by atoms with van der Waals surface area (Å²) in [6.07, 6.45) is 2.13. The summed E-state index contributed by atoms with van der Waals surface area (Å²) in [6.45, 7) is 4.83. The van der Waals surface area contributed by atoms with Gasteiger partial charge in [-0.3, -0.25) is 9.59 Å². The number of aliphatic carboxylic acids is 1. The molecule has 1 unspecified atom stereocenters. The molecule has 0 aromatic rings. The largest absolute Gasteiger partial charge is 0.481 e. The third-order valence-electron chi connectivity index (χ3n) is 4.25. The number of likely N-dealkylation sites (tertiary alicyclic amines) is 1. The summed E-state index contributed by atoms with van der Waals surface area (Å²) >= 11 is 0. The molecule has 118 valence electrons. The lowest BCUT2D eigenvalue weighted by Gasteiger charge is -2.34. The van der Waals surface area contributed by atoms with Crippen LogP contribution in [0.15, 0.2) is 0 Å². The number of carbonyl (C=O) groups is 3. The Balaban J connectivity index is 1.93. The maximum Gasteiger partial charge on any atom is 0.320 e. The highest BCUT2D eigenvalue weighted by molar-refractivity contribution is 5.77. The summed E-state index contributed by atoms with van der Waals surface area (Å²) < 4.78 is 0. The van der Waals surface area contributed by atoms with Crippen LogP contribution in [0.25, 0.3) is 0 Å². The maximum atomic E-state index is 12.5. The van der Waals surface area contributed by atoms with Gasteiger partial charge in [0.05, 0.1) is 5.92 Å². The molecule has 0 aliphatic carbocycles. The maximum absolute atomic E-state index is 12.5. The number of carboxylic acids is 1. The highest BCUT2D eigenvalue weighted by atomic mass is 16.4. The minimum atomic E-state index is -0.828. The van der Waals surface area contributed by atoms with Crippen molar-refractivity contribution in [2.75, 3.05) is 39.3 Å². The molecule has 2 fully saturated rings. The van der Waals surface area contributed by atoms with Gasteiger partial charge in [0, 0.05) is 46.2 Å². The standard InChI is InChI=1S/C14H23N3O4/c1-11(18)15-6-3-7-16(9-8-15)14(21)17-5-2-4-12(10-17)13(19)20/h12H,2-10H2,1H3,(H,19,20). The van der Waals surface area contributed by atoms with Crippen molar-refractivity contribution in [2.24, 2.45) is 5.92 Å². The van der Waals surface area contributed by atoms with E-state index < -0.39 is 11.9 Å². The summed E-state index contributed by atoms with van der Waals surface area (Å²) in [6, 6.07) is -0.0913. The highest BCUT2D eigenvalue weighted by Crippen LogP contribution is 2.18. The van der Waals surface area contributed by atoms with Crippen LogP contribution in [0.4, 0.5) is 4.79 Å². The van der Waals surface area contributed by atoms with Crippen LogP contribution in [-0.4, -0.2) is 77.0 Å². The topological polar surface area (TPSA) is 81.2 Å². The summed E-state index contributed by atoms with van der Waals surface area (Å²) in [5.74, 6) is -1.25. The molecular formula is C14H23N3O4. The fourth-order valence-electron chi connectivity index (χ4n) is 2.98. The number of carboxylic acid groups (broad SMARTS) is 1. The summed E-state index contributed by atoms with van der Waals surface area (Å²) in [4.78, 5) is 40.1. The molecular weight excluding hydrogens is 274 g/mol. The molecule has 1 N–H and O–H groups in total. The molecule has 7 heteroatoms. The molecule has 0 aromatic heterocycles. The number of piperidine rings is 1. The van der Waals surface area contributed by atoms with E-state index in [1.54, 1.807) is 21.6 Å². The van der Waals surface area contributed by atoms with Gasteiger partial charge in [-0.2, -0.15) is 0 Å². The van der Waals surface area contributed by atoms with Crippen LogP contribution < -0.4 is 0 Å². The number of hydrogen-bond donors (Lipinski definition) is 1. The first kappa shape index (κ1) is 15.6. The number of hydrogen-bond acceptors (Lipinski definition) is 3. The first-order chi connectivity index (χ1) is 9.99. The van der Waals surface area contributed by atoms with Gasteiger partial charge in [-0.15, -0.1) is 0 Å². The van der Waals surface area contributed by atoms with Gasteiger partial charge in [0.2, 0.25) is 5.91 Å². The monoisotopic (exact) mass is 297 g/mol. The van der Waals surface area contributed by atoms with Crippen molar-refractivity contribution in [3.63, 3.8) is 0 Å². The van der Waals surface area contributed by atoms with E-state index in [0.29, 0.717) is 45.7 Å². The number of urea groups is 1. The first-order valence-corrected chi connectivity index (χ1v) is 7.51. The molecule has 0 aromatic carbocycles. The van der Waals surface area contributed by atoms with Crippen LogP contribution >= 0.6 is 0 Å². The van der Waals surface area contributed by atoms with Gasteiger partial charge in [-0.05, 0) is 19.3 Å². The Morgan fingerprint density at radius 2 is 1.52 bits per heavy atom. The Bertz CT molecular complexity index is 426. The summed E-state index contributed by atoms with van der Waals surface area (Å²) in [5.41, 5.74) is 0. The van der Waals surface area contributed by atoms with Gasteiger partial charge in [-0.1, -0.05) is 0 Å². The van der Waals surface area contributed by atoms with Gasteiger partial charge in [0.25, 0.3) is 0 Å². The highest BCUT2D eigenvalue weighted by Gasteiger charge is 2.31. The third-order valence-corrected chi connectivity index (χ3v) is 4.25. The SMILES string of the molecule is CC(=O)N1CCCN(C(=O)N2CCCC(C(=O)O)C2)CC1. The summed E-state index contributed by atoms with van der Waals surface area (Å²) in [7, 11) is 0. The third kappa shape index (κ3) is 3.86. The van der Waals surface area contributed by atoms with Gasteiger partial charge in [0.15, 0.2) is 0 Å². The smallest absolute Gasteiger partial charge is 0.320 e. The zero-order valence-corrected chi connectivity index (χ0v) is 12.5. The fraction of sp³-hybridized carbons (Fsp3) is 0.786. The summed E-state index contributed by atoms with van der Waals surface area (Å²) in [5, 5.41) is 9.09. The van der Waals surface area contributed by atoms with Gasteiger partial charge in [0.1, 0.15) is 0 Å². The number of nitrogens with zero attached hydrogens (tertiary/aromatic N) is 3. The van der Waals surface area contributed by atoms with Crippen molar-refractivity contribution in [1.29, 1.82) is 0 Å². The van der Waals surface area contributed by atoms with Crippen molar-refractivity contribution < 1.29 is 19.5 Å². The van der Waals surface area contributed by atoms with Gasteiger partial charge in [-0.25, -0.2) is 4.79 Å². The Morgan fingerprint density at radius 1 is 0.905 bits per heavy atom. The fourth-order valence-corrected chi connectivity index (χ4v) is 2.98. The van der Waals surface area contributed by atoms with E-state index in [9.17, 15) is 14.4 Å². The number of amides is 3. The molecule has 3 amide bonds. The molecule has 7 nitrogen and oxygen atoms in total. The second-order valence-electron chi connectivity index (χ2n) is 5.75. The predicted molar refractivity (Wildman–Crippen MR) is 75.8 cm³/mol. The number of carbonyl (C=O) groups excluding carboxylic acids is 2. The molecule has 21 heavy (non-hydrogen) atoms. The Labute approximate surface area is 124 Å². The average Bonchev–Trinajstić information content (AvgIpc) is 2.72. The van der Waals surface area contributed by atoms with Crippen LogP contribution in [0.5, 0.6) is 0 Å². The molecule has 0 spiro atoms. The zero-order valence-electron chi connectivity index (χ0n) is 12.5. The van der Waals surface area contributed by atoms with Crippen molar-refractivity contribution in [2.45, 2.75) is 26.2 Å². The lowest BCUT2D eigenvalue weighted by molar-refractivity contribution is -0.143. The molecule has 0 radical (unpaired) electrons. The van der Waals surface area contributed by atoms with Gasteiger partial charge >= 0.3 is 12.0 Å². The Hall–Kier alpha value is -1.79. The van der Waals surface area contributed by atoms with Crippen LogP contribution in [-0.2, 0) is 9.59 Å². The molecule has 0 bridgehead atoms. The molecule has 2 saturated heterocycles. The molecule has 2 aliphatic heterocycles. The predicted octanol–water partition coefficient (Wildman–Crippen LogP) is 0.457. The molecule has 0 saturated carbocycles. The normalized spacial score (nSPS) is 23.7. The van der Waals surface area contributed by atoms with E-state index >= 15 is 0 Å². The lowest BCUT2D eigenvalue weighted by Crippen LogP contribution is -2.49. The quantitative estimate of drug-likeness (QED) is 0.762. The number of rotatable bonds is 1. The lowest BCUT2D eigenvalue weighted by atomic mass is 9.99. The minimum absolute atomic E-state index is 0.0354. The van der Waals surface area contributed by atoms with E-state index in [1.165, 1.54) is 0 Å². The van der Waals surface area contributed by atoms with Crippen LogP contribution in [0.2, 0.25) is 0 Å². The van der Waals surface area contributed by atoms with Crippen molar-refractivity contribution in [3.8, 4) is 0 Å². The molecule has 2 rings (SSSR count). The van der Waals surface area contributed by atoms with Crippen molar-refractivity contribution >= 4 is 17.9 Å². The van der Waals surface area contributed by atoms with Crippen LogP contribution in [0.1, 0.15) is 26.2 Å². The zero-order chi connectivity index (χ0) is 15.4. The molecule has 1 atom stereocenters. The molecule has 2 heterocycles. The van der Waals surface area contributed by atoms with Crippen molar-refractivity contribution in [3.05, 3.63) is 0 Å². The van der Waals surface area contributed by atoms with Crippen LogP contribution in [0, 0.1) is 5.92 Å². The second kappa shape index (κ2) is 6.78. The first-order valence-electron chi connectivity index (χ1n) is 7.51. The van der Waals surface area contributed by atoms with Gasteiger partial charge < -0.3 is 19.8 Å². The van der Waals surface area contributed by atoms with E-state index in [1.807, 2.05) is 0 Å². The van der Waals surface area contributed by atoms with E-state index in [2.05, 4.69) is 0 Å². The van der Waals surface area contributed by atoms with E-state index in [0.717, 1.165) is 12.8 Å². The Morgan fingerprint density at radius 3 is 2.19 bits per heavy atom. The van der Waals surface area contributed by atoms with Crippen LogP contribution in [0.3, 0.4) is 0 Å². The second-order valence-corrected chi connectivity index (χ2v) is 5.75. The minimum Gasteiger partial charge on any atom is -0.481 e.